The molecule has 0 spiro atoms. The quantitative estimate of drug-likeness (QED) is 0.706. The van der Waals surface area contributed by atoms with Crippen molar-refractivity contribution in [2.45, 2.75) is 39.5 Å². The van der Waals surface area contributed by atoms with E-state index in [1.165, 1.54) is 12.1 Å². The van der Waals surface area contributed by atoms with Gasteiger partial charge in [0, 0.05) is 16.8 Å². The number of ether oxygens (including phenoxy) is 1. The van der Waals surface area contributed by atoms with Gasteiger partial charge in [0.25, 0.3) is 5.91 Å². The summed E-state index contributed by atoms with van der Waals surface area (Å²) in [7, 11) is 1.68. The number of rotatable bonds is 5. The fourth-order valence-corrected chi connectivity index (χ4v) is 3.51. The van der Waals surface area contributed by atoms with Gasteiger partial charge in [-0.1, -0.05) is 27.7 Å². The van der Waals surface area contributed by atoms with Crippen LogP contribution in [0.4, 0.5) is 5.69 Å². The number of benzene rings is 2. The molecule has 5 nitrogen and oxygen atoms in total. The van der Waals surface area contributed by atoms with Crippen LogP contribution in [0.1, 0.15) is 72.1 Å². The van der Waals surface area contributed by atoms with Crippen molar-refractivity contribution in [2.24, 2.45) is 0 Å². The van der Waals surface area contributed by atoms with E-state index in [9.17, 15) is 14.7 Å². The molecule has 1 heterocycles. The van der Waals surface area contributed by atoms with Crippen molar-refractivity contribution in [1.29, 1.82) is 0 Å². The van der Waals surface area contributed by atoms with E-state index in [2.05, 4.69) is 33.0 Å². The molecule has 1 aliphatic rings. The number of hydrogen-bond donors (Lipinski definition) is 2. The van der Waals surface area contributed by atoms with Gasteiger partial charge in [-0.15, -0.1) is 0 Å². The fraction of sp³-hybridized carbons (Fsp3) is 0.304. The number of carboxylic acids is 1. The Labute approximate surface area is 165 Å². The third kappa shape index (κ3) is 3.52. The molecule has 1 aliphatic heterocycles. The van der Waals surface area contributed by atoms with Gasteiger partial charge in [0.2, 0.25) is 0 Å². The highest BCUT2D eigenvalue weighted by molar-refractivity contribution is 6.35. The maximum absolute atomic E-state index is 12.5. The smallest absolute Gasteiger partial charge is 0.335 e. The molecule has 3 rings (SSSR count). The summed E-state index contributed by atoms with van der Waals surface area (Å²) in [6.45, 7) is 8.43. The second-order valence-corrected chi connectivity index (χ2v) is 7.62. The largest absolute Gasteiger partial charge is 0.496 e. The van der Waals surface area contributed by atoms with Gasteiger partial charge in [-0.2, -0.15) is 0 Å². The highest BCUT2D eigenvalue weighted by Gasteiger charge is 2.26. The van der Waals surface area contributed by atoms with Crippen molar-refractivity contribution in [2.75, 3.05) is 12.4 Å². The molecule has 0 saturated carbocycles. The average Bonchev–Trinajstić information content (AvgIpc) is 2.95. The molecule has 2 aromatic carbocycles. The van der Waals surface area contributed by atoms with Crippen LogP contribution in [0.5, 0.6) is 5.75 Å². The summed E-state index contributed by atoms with van der Waals surface area (Å²) in [4.78, 5) is 23.8. The number of amides is 1. The third-order valence-electron chi connectivity index (χ3n) is 4.98. The summed E-state index contributed by atoms with van der Waals surface area (Å²) in [5.41, 5.74) is 4.92. The molecule has 0 atom stereocenters. The summed E-state index contributed by atoms with van der Waals surface area (Å²) >= 11 is 0. The summed E-state index contributed by atoms with van der Waals surface area (Å²) < 4.78 is 5.68. The van der Waals surface area contributed by atoms with Gasteiger partial charge < -0.3 is 15.2 Å². The lowest BCUT2D eigenvalue weighted by Gasteiger charge is -2.19. The monoisotopic (exact) mass is 379 g/mol. The lowest BCUT2D eigenvalue weighted by atomic mass is 9.90. The van der Waals surface area contributed by atoms with E-state index in [0.29, 0.717) is 16.8 Å². The number of fused-ring (bicyclic) bond motifs is 1. The standard InChI is InChI=1S/C23H25NO4/c1-12(2)16-8-14(9-17(13(3)4)21(16)28-5)10-19-18-11-15(23(26)27)6-7-20(18)24-22(19)25/h6-13H,1-5H3,(H,24,25)(H,26,27). The zero-order valence-electron chi connectivity index (χ0n) is 16.8. The predicted molar refractivity (Wildman–Crippen MR) is 111 cm³/mol. The highest BCUT2D eigenvalue weighted by atomic mass is 16.5. The molecule has 2 aromatic rings. The lowest BCUT2D eigenvalue weighted by molar-refractivity contribution is -0.110. The predicted octanol–water partition coefficient (Wildman–Crippen LogP) is 5.13. The summed E-state index contributed by atoms with van der Waals surface area (Å²) in [5.74, 6) is 0.153. The average molecular weight is 379 g/mol. The molecule has 0 radical (unpaired) electrons. The van der Waals surface area contributed by atoms with Gasteiger partial charge in [0.15, 0.2) is 0 Å². The van der Waals surface area contributed by atoms with Gasteiger partial charge >= 0.3 is 5.97 Å². The molecule has 0 bridgehead atoms. The van der Waals surface area contributed by atoms with Crippen LogP contribution in [-0.2, 0) is 4.79 Å². The number of nitrogens with one attached hydrogen (secondary N) is 1. The van der Waals surface area contributed by atoms with Crippen LogP contribution in [0, 0.1) is 0 Å². The second-order valence-electron chi connectivity index (χ2n) is 7.62. The van der Waals surface area contributed by atoms with Crippen LogP contribution in [0.3, 0.4) is 0 Å². The number of hydrogen-bond acceptors (Lipinski definition) is 3. The molecule has 0 saturated heterocycles. The summed E-state index contributed by atoms with van der Waals surface area (Å²) in [5, 5.41) is 12.1. The fourth-order valence-electron chi connectivity index (χ4n) is 3.51. The molecule has 0 fully saturated rings. The molecule has 5 heteroatoms. The molecule has 0 unspecified atom stereocenters. The molecular weight excluding hydrogens is 354 g/mol. The Kier molecular flexibility index (Phi) is 5.27. The van der Waals surface area contributed by atoms with Crippen molar-refractivity contribution < 1.29 is 19.4 Å². The Morgan fingerprint density at radius 1 is 1.07 bits per heavy atom. The molecular formula is C23H25NO4. The van der Waals surface area contributed by atoms with Crippen LogP contribution in [0.2, 0.25) is 0 Å². The molecule has 146 valence electrons. The Balaban J connectivity index is 2.18. The highest BCUT2D eigenvalue weighted by Crippen LogP contribution is 2.38. The zero-order valence-corrected chi connectivity index (χ0v) is 16.8. The van der Waals surface area contributed by atoms with Gasteiger partial charge in [-0.05, 0) is 64.9 Å². The van der Waals surface area contributed by atoms with Crippen LogP contribution >= 0.6 is 0 Å². The first-order chi connectivity index (χ1) is 13.2. The van der Waals surface area contributed by atoms with Gasteiger partial charge in [0.1, 0.15) is 5.75 Å². The maximum atomic E-state index is 12.5. The first-order valence-corrected chi connectivity index (χ1v) is 9.35. The van der Waals surface area contributed by atoms with Crippen LogP contribution in [0.15, 0.2) is 30.3 Å². The van der Waals surface area contributed by atoms with Crippen LogP contribution in [0.25, 0.3) is 11.6 Å². The van der Waals surface area contributed by atoms with E-state index in [4.69, 9.17) is 4.74 Å². The second kappa shape index (κ2) is 7.50. The van der Waals surface area contributed by atoms with E-state index in [0.717, 1.165) is 22.4 Å². The minimum atomic E-state index is -1.02. The lowest BCUT2D eigenvalue weighted by Crippen LogP contribution is -2.04. The maximum Gasteiger partial charge on any atom is 0.335 e. The Bertz CT molecular complexity index is 957. The van der Waals surface area contributed by atoms with Crippen molar-refractivity contribution in [1.82, 2.24) is 0 Å². The number of carboxylic acid groups (broad SMARTS) is 1. The zero-order chi connectivity index (χ0) is 20.6. The summed E-state index contributed by atoms with van der Waals surface area (Å²) in [6, 6.07) is 8.73. The van der Waals surface area contributed by atoms with Crippen LogP contribution < -0.4 is 10.1 Å². The molecule has 28 heavy (non-hydrogen) atoms. The Morgan fingerprint density at radius 2 is 1.68 bits per heavy atom. The van der Waals surface area contributed by atoms with Gasteiger partial charge in [-0.25, -0.2) is 4.79 Å². The SMILES string of the molecule is COc1c(C(C)C)cc(C=C2C(=O)Nc3ccc(C(=O)O)cc32)cc1C(C)C. The molecule has 0 aliphatic carbocycles. The van der Waals surface area contributed by atoms with Gasteiger partial charge in [0.05, 0.1) is 12.7 Å². The van der Waals surface area contributed by atoms with Gasteiger partial charge in [-0.3, -0.25) is 4.79 Å². The Hall–Kier alpha value is -3.08. The minimum absolute atomic E-state index is 0.154. The number of anilines is 1. The van der Waals surface area contributed by atoms with E-state index in [1.807, 2.05) is 18.2 Å². The molecule has 0 aromatic heterocycles. The van der Waals surface area contributed by atoms with Crippen LogP contribution in [-0.4, -0.2) is 24.1 Å². The van der Waals surface area contributed by atoms with Crippen molar-refractivity contribution in [3.05, 3.63) is 58.1 Å². The topological polar surface area (TPSA) is 75.6 Å². The van der Waals surface area contributed by atoms with E-state index in [1.54, 1.807) is 13.2 Å². The van der Waals surface area contributed by atoms with E-state index in [-0.39, 0.29) is 23.3 Å². The molecule has 1 amide bonds. The molecule has 2 N–H and O–H groups in total. The third-order valence-corrected chi connectivity index (χ3v) is 4.98. The minimum Gasteiger partial charge on any atom is -0.496 e. The number of methoxy groups -OCH3 is 1. The number of aromatic carboxylic acids is 1. The van der Waals surface area contributed by atoms with E-state index < -0.39 is 5.97 Å². The number of carbonyl (C=O) groups excluding carboxylic acids is 1. The first-order valence-electron chi connectivity index (χ1n) is 9.35. The normalized spacial score (nSPS) is 14.5. The first kappa shape index (κ1) is 19.7. The Morgan fingerprint density at radius 3 is 2.18 bits per heavy atom. The van der Waals surface area contributed by atoms with Crippen molar-refractivity contribution >= 4 is 29.2 Å². The summed E-state index contributed by atoms with van der Waals surface area (Å²) in [6.07, 6.45) is 1.82. The van der Waals surface area contributed by atoms with E-state index >= 15 is 0 Å². The van der Waals surface area contributed by atoms with Crippen molar-refractivity contribution in [3.63, 3.8) is 0 Å². The number of carbonyl (C=O) groups is 2. The van der Waals surface area contributed by atoms with Crippen molar-refractivity contribution in [3.8, 4) is 5.75 Å².